The van der Waals surface area contributed by atoms with Gasteiger partial charge in [-0.1, -0.05) is 25.5 Å². The van der Waals surface area contributed by atoms with E-state index < -0.39 is 11.7 Å². The molecule has 1 rings (SSSR count). The Hall–Kier alpha value is -1.03. The van der Waals surface area contributed by atoms with Gasteiger partial charge in [-0.25, -0.2) is 0 Å². The van der Waals surface area contributed by atoms with E-state index in [0.717, 1.165) is 18.9 Å². The molecule has 4 heteroatoms. The fourth-order valence-electron chi connectivity index (χ4n) is 1.74. The minimum absolute atomic E-state index is 0.156. The summed E-state index contributed by atoms with van der Waals surface area (Å²) in [5.41, 5.74) is 5.89. The van der Waals surface area contributed by atoms with Crippen LogP contribution < -0.4 is 5.73 Å². The van der Waals surface area contributed by atoms with Crippen LogP contribution >= 0.6 is 0 Å². The van der Waals surface area contributed by atoms with E-state index in [2.05, 4.69) is 0 Å². The molecule has 0 aliphatic carbocycles. The molecule has 0 aliphatic heterocycles. The Kier molecular flexibility index (Phi) is 4.35. The number of hydrogen-bond donors (Lipinski definition) is 1. The van der Waals surface area contributed by atoms with Crippen LogP contribution in [0.2, 0.25) is 0 Å². The van der Waals surface area contributed by atoms with E-state index in [0.29, 0.717) is 17.5 Å². The van der Waals surface area contributed by atoms with Gasteiger partial charge in [0.05, 0.1) is 5.56 Å². The highest BCUT2D eigenvalue weighted by Gasteiger charge is 2.33. The largest absolute Gasteiger partial charge is 0.416 e. The average molecular weight is 231 g/mol. The maximum Gasteiger partial charge on any atom is 0.416 e. The molecule has 1 nitrogen and oxygen atoms in total. The Morgan fingerprint density at radius 1 is 1.25 bits per heavy atom. The summed E-state index contributed by atoms with van der Waals surface area (Å²) in [5, 5.41) is 0. The topological polar surface area (TPSA) is 26.0 Å². The summed E-state index contributed by atoms with van der Waals surface area (Å²) >= 11 is 0. The van der Waals surface area contributed by atoms with E-state index in [4.69, 9.17) is 5.73 Å². The highest BCUT2D eigenvalue weighted by atomic mass is 19.4. The monoisotopic (exact) mass is 231 g/mol. The number of nitrogens with two attached hydrogens (primary N) is 1. The van der Waals surface area contributed by atoms with E-state index in [1.165, 1.54) is 6.07 Å². The molecule has 1 aromatic carbocycles. The number of hydrogen-bond acceptors (Lipinski definition) is 1. The van der Waals surface area contributed by atoms with Crippen LogP contribution in [0, 0.1) is 0 Å². The highest BCUT2D eigenvalue weighted by Crippen LogP contribution is 2.34. The van der Waals surface area contributed by atoms with E-state index in [9.17, 15) is 13.2 Å². The lowest BCUT2D eigenvalue weighted by atomic mass is 9.96. The minimum Gasteiger partial charge on any atom is -0.326 e. The maximum absolute atomic E-state index is 12.8. The Balaban J connectivity index is 3.15. The number of halogens is 3. The summed E-state index contributed by atoms with van der Waals surface area (Å²) in [6, 6.07) is 4.21. The van der Waals surface area contributed by atoms with Gasteiger partial charge in [0.15, 0.2) is 0 Å². The molecular weight excluding hydrogens is 215 g/mol. The third kappa shape index (κ3) is 2.98. The first-order valence-electron chi connectivity index (χ1n) is 5.38. The second kappa shape index (κ2) is 5.34. The van der Waals surface area contributed by atoms with Gasteiger partial charge in [0.2, 0.25) is 0 Å². The SMILES string of the molecule is CCCCc1c(CN)cccc1C(F)(F)F. The number of alkyl halides is 3. The van der Waals surface area contributed by atoms with Gasteiger partial charge >= 0.3 is 6.18 Å². The predicted molar refractivity (Wildman–Crippen MR) is 57.9 cm³/mol. The molecule has 0 radical (unpaired) electrons. The van der Waals surface area contributed by atoms with Gasteiger partial charge < -0.3 is 5.73 Å². The Labute approximate surface area is 93.5 Å². The smallest absolute Gasteiger partial charge is 0.326 e. The summed E-state index contributed by atoms with van der Waals surface area (Å²) < 4.78 is 38.3. The van der Waals surface area contributed by atoms with Crippen LogP contribution in [0.4, 0.5) is 13.2 Å². The van der Waals surface area contributed by atoms with Crippen molar-refractivity contribution in [2.24, 2.45) is 5.73 Å². The zero-order valence-electron chi connectivity index (χ0n) is 9.27. The lowest BCUT2D eigenvalue weighted by Gasteiger charge is -2.15. The van der Waals surface area contributed by atoms with Gasteiger partial charge in [-0.2, -0.15) is 13.2 Å². The van der Waals surface area contributed by atoms with Crippen molar-refractivity contribution in [2.75, 3.05) is 0 Å². The van der Waals surface area contributed by atoms with Crippen LogP contribution in [-0.4, -0.2) is 0 Å². The van der Waals surface area contributed by atoms with Crippen LogP contribution in [0.25, 0.3) is 0 Å². The third-order valence-electron chi connectivity index (χ3n) is 2.58. The average Bonchev–Trinajstić information content (AvgIpc) is 2.24. The quantitative estimate of drug-likeness (QED) is 0.843. The summed E-state index contributed by atoms with van der Waals surface area (Å²) in [6.07, 6.45) is -2.22. The molecule has 0 bridgehead atoms. The maximum atomic E-state index is 12.8. The standard InChI is InChI=1S/C12H16F3N/c1-2-3-6-10-9(8-16)5-4-7-11(10)12(13,14)15/h4-5,7H,2-3,6,8,16H2,1H3. The van der Waals surface area contributed by atoms with Crippen molar-refractivity contribution in [3.63, 3.8) is 0 Å². The minimum atomic E-state index is -4.28. The lowest BCUT2D eigenvalue weighted by molar-refractivity contribution is -0.138. The molecule has 0 amide bonds. The summed E-state index contributed by atoms with van der Waals surface area (Å²) in [5.74, 6) is 0. The van der Waals surface area contributed by atoms with Crippen molar-refractivity contribution in [3.05, 3.63) is 34.9 Å². The Bertz CT molecular complexity index is 345. The zero-order chi connectivity index (χ0) is 12.2. The third-order valence-corrected chi connectivity index (χ3v) is 2.58. The first kappa shape index (κ1) is 13.0. The molecule has 0 aliphatic rings. The van der Waals surface area contributed by atoms with Crippen LogP contribution in [-0.2, 0) is 19.1 Å². The van der Waals surface area contributed by atoms with Crippen molar-refractivity contribution in [1.82, 2.24) is 0 Å². The van der Waals surface area contributed by atoms with Gasteiger partial charge in [-0.05, 0) is 30.0 Å². The highest BCUT2D eigenvalue weighted by molar-refractivity contribution is 5.37. The van der Waals surface area contributed by atoms with Gasteiger partial charge in [-0.3, -0.25) is 0 Å². The molecule has 0 saturated carbocycles. The molecule has 0 fully saturated rings. The van der Waals surface area contributed by atoms with Crippen molar-refractivity contribution >= 4 is 0 Å². The Morgan fingerprint density at radius 3 is 2.44 bits per heavy atom. The molecular formula is C12H16F3N. The molecule has 0 heterocycles. The summed E-state index contributed by atoms with van der Waals surface area (Å²) in [7, 11) is 0. The van der Waals surface area contributed by atoms with Gasteiger partial charge in [0.1, 0.15) is 0 Å². The molecule has 0 saturated heterocycles. The van der Waals surface area contributed by atoms with Crippen LogP contribution in [0.5, 0.6) is 0 Å². The fraction of sp³-hybridized carbons (Fsp3) is 0.500. The van der Waals surface area contributed by atoms with Crippen molar-refractivity contribution < 1.29 is 13.2 Å². The van der Waals surface area contributed by atoms with Crippen LogP contribution in [0.3, 0.4) is 0 Å². The Morgan fingerprint density at radius 2 is 1.94 bits per heavy atom. The lowest BCUT2D eigenvalue weighted by Crippen LogP contribution is -2.13. The molecule has 2 N–H and O–H groups in total. The van der Waals surface area contributed by atoms with E-state index in [1.807, 2.05) is 6.92 Å². The normalized spacial score (nSPS) is 11.8. The molecule has 16 heavy (non-hydrogen) atoms. The number of unbranched alkanes of at least 4 members (excludes halogenated alkanes) is 1. The van der Waals surface area contributed by atoms with E-state index in [1.54, 1.807) is 6.07 Å². The van der Waals surface area contributed by atoms with Crippen LogP contribution in [0.15, 0.2) is 18.2 Å². The molecule has 90 valence electrons. The molecule has 0 spiro atoms. The summed E-state index contributed by atoms with van der Waals surface area (Å²) in [6.45, 7) is 2.11. The number of benzene rings is 1. The van der Waals surface area contributed by atoms with E-state index >= 15 is 0 Å². The van der Waals surface area contributed by atoms with E-state index in [-0.39, 0.29) is 6.54 Å². The zero-order valence-corrected chi connectivity index (χ0v) is 9.27. The van der Waals surface area contributed by atoms with Crippen LogP contribution in [0.1, 0.15) is 36.5 Å². The first-order chi connectivity index (χ1) is 7.50. The van der Waals surface area contributed by atoms with Crippen molar-refractivity contribution in [2.45, 2.75) is 38.9 Å². The molecule has 0 atom stereocenters. The first-order valence-corrected chi connectivity index (χ1v) is 5.38. The van der Waals surface area contributed by atoms with Gasteiger partial charge in [0.25, 0.3) is 0 Å². The number of rotatable bonds is 4. The fourth-order valence-corrected chi connectivity index (χ4v) is 1.74. The van der Waals surface area contributed by atoms with Gasteiger partial charge in [-0.15, -0.1) is 0 Å². The predicted octanol–water partition coefficient (Wildman–Crippen LogP) is 3.51. The molecule has 0 aromatic heterocycles. The van der Waals surface area contributed by atoms with Gasteiger partial charge in [0, 0.05) is 6.54 Å². The second-order valence-electron chi connectivity index (χ2n) is 3.75. The molecule has 0 unspecified atom stereocenters. The van der Waals surface area contributed by atoms with Crippen molar-refractivity contribution in [3.8, 4) is 0 Å². The van der Waals surface area contributed by atoms with Crippen molar-refractivity contribution in [1.29, 1.82) is 0 Å². The second-order valence-corrected chi connectivity index (χ2v) is 3.75. The molecule has 1 aromatic rings. The summed E-state index contributed by atoms with van der Waals surface area (Å²) in [4.78, 5) is 0.